The van der Waals surface area contributed by atoms with Gasteiger partial charge in [-0.3, -0.25) is 0 Å². The molecule has 1 aliphatic rings. The van der Waals surface area contributed by atoms with Crippen LogP contribution in [0, 0.1) is 5.41 Å². The number of rotatable bonds is 4. The van der Waals surface area contributed by atoms with Crippen molar-refractivity contribution < 1.29 is 4.74 Å². The Labute approximate surface area is 114 Å². The molecule has 1 fully saturated rings. The Morgan fingerprint density at radius 3 is 2.47 bits per heavy atom. The molecule has 106 valence electrons. The van der Waals surface area contributed by atoms with Gasteiger partial charge in [0.05, 0.1) is 7.11 Å². The maximum absolute atomic E-state index is 5.12. The number of hydrogen-bond acceptors (Lipinski definition) is 6. The van der Waals surface area contributed by atoms with E-state index in [4.69, 9.17) is 4.74 Å². The first-order chi connectivity index (χ1) is 9.10. The van der Waals surface area contributed by atoms with E-state index in [0.29, 0.717) is 23.3 Å². The number of ether oxygens (including phenoxy) is 1. The molecule has 0 saturated carbocycles. The molecule has 1 N–H and O–H groups in total. The maximum atomic E-state index is 5.12. The number of aromatic nitrogens is 3. The third kappa shape index (κ3) is 3.05. The van der Waals surface area contributed by atoms with E-state index in [1.807, 2.05) is 0 Å². The summed E-state index contributed by atoms with van der Waals surface area (Å²) in [5.74, 6) is 1.25. The van der Waals surface area contributed by atoms with E-state index in [1.54, 1.807) is 14.2 Å². The fourth-order valence-corrected chi connectivity index (χ4v) is 2.29. The standard InChI is InChI=1S/C13H23N5O/c1-5-13(2)6-8-18(9-7-13)11-15-10(14-3)16-12(17-11)19-4/h5-9H2,1-4H3,(H,14,15,16,17). The molecule has 0 aromatic carbocycles. The normalized spacial score (nSPS) is 18.2. The zero-order valence-corrected chi connectivity index (χ0v) is 12.2. The van der Waals surface area contributed by atoms with E-state index >= 15 is 0 Å². The molecule has 0 aliphatic carbocycles. The largest absolute Gasteiger partial charge is 0.467 e. The lowest BCUT2D eigenvalue weighted by Gasteiger charge is -2.38. The molecule has 0 radical (unpaired) electrons. The molecule has 0 bridgehead atoms. The average molecular weight is 265 g/mol. The molecule has 2 rings (SSSR count). The molecular formula is C13H23N5O. The van der Waals surface area contributed by atoms with Crippen LogP contribution in [0.2, 0.25) is 0 Å². The summed E-state index contributed by atoms with van der Waals surface area (Å²) in [7, 11) is 3.37. The highest BCUT2D eigenvalue weighted by molar-refractivity contribution is 5.38. The molecule has 1 saturated heterocycles. The zero-order chi connectivity index (χ0) is 13.9. The molecule has 19 heavy (non-hydrogen) atoms. The third-order valence-electron chi connectivity index (χ3n) is 4.12. The SMILES string of the molecule is CCC1(C)CCN(c2nc(NC)nc(OC)n2)CC1. The summed E-state index contributed by atoms with van der Waals surface area (Å²) in [6.07, 6.45) is 3.57. The quantitative estimate of drug-likeness (QED) is 0.897. The molecule has 1 aliphatic heterocycles. The first-order valence-corrected chi connectivity index (χ1v) is 6.83. The Morgan fingerprint density at radius 1 is 1.26 bits per heavy atom. The number of nitrogens with one attached hydrogen (secondary N) is 1. The van der Waals surface area contributed by atoms with Crippen molar-refractivity contribution in [3.8, 4) is 6.01 Å². The topological polar surface area (TPSA) is 63.2 Å². The second-order valence-corrected chi connectivity index (χ2v) is 5.35. The monoisotopic (exact) mass is 265 g/mol. The molecule has 0 spiro atoms. The van der Waals surface area contributed by atoms with Gasteiger partial charge in [0, 0.05) is 20.1 Å². The van der Waals surface area contributed by atoms with Crippen molar-refractivity contribution in [2.24, 2.45) is 5.41 Å². The van der Waals surface area contributed by atoms with Crippen LogP contribution < -0.4 is 15.0 Å². The van der Waals surface area contributed by atoms with Gasteiger partial charge in [-0.15, -0.1) is 0 Å². The van der Waals surface area contributed by atoms with Crippen molar-refractivity contribution in [2.45, 2.75) is 33.1 Å². The fraction of sp³-hybridized carbons (Fsp3) is 0.769. The first-order valence-electron chi connectivity index (χ1n) is 6.83. The highest BCUT2D eigenvalue weighted by Gasteiger charge is 2.29. The highest BCUT2D eigenvalue weighted by atomic mass is 16.5. The molecule has 0 unspecified atom stereocenters. The summed E-state index contributed by atoms with van der Waals surface area (Å²) >= 11 is 0. The molecule has 1 aromatic heterocycles. The lowest BCUT2D eigenvalue weighted by Crippen LogP contribution is -2.39. The Bertz CT molecular complexity index is 407. The van der Waals surface area contributed by atoms with Gasteiger partial charge in [0.1, 0.15) is 0 Å². The summed E-state index contributed by atoms with van der Waals surface area (Å²) in [6, 6.07) is 0.359. The van der Waals surface area contributed by atoms with Crippen molar-refractivity contribution in [1.82, 2.24) is 15.0 Å². The minimum Gasteiger partial charge on any atom is -0.467 e. The van der Waals surface area contributed by atoms with Gasteiger partial charge in [-0.1, -0.05) is 20.3 Å². The fourth-order valence-electron chi connectivity index (χ4n) is 2.29. The van der Waals surface area contributed by atoms with Crippen LogP contribution >= 0.6 is 0 Å². The predicted molar refractivity (Wildman–Crippen MR) is 75.8 cm³/mol. The lowest BCUT2D eigenvalue weighted by atomic mass is 9.78. The number of piperidine rings is 1. The second-order valence-electron chi connectivity index (χ2n) is 5.35. The Kier molecular flexibility index (Phi) is 4.07. The third-order valence-corrected chi connectivity index (χ3v) is 4.12. The smallest absolute Gasteiger partial charge is 0.322 e. The molecule has 1 aromatic rings. The Balaban J connectivity index is 2.14. The molecular weight excluding hydrogens is 242 g/mol. The highest BCUT2D eigenvalue weighted by Crippen LogP contribution is 2.35. The van der Waals surface area contributed by atoms with E-state index < -0.39 is 0 Å². The van der Waals surface area contributed by atoms with Crippen molar-refractivity contribution in [3.05, 3.63) is 0 Å². The predicted octanol–water partition coefficient (Wildman–Crippen LogP) is 1.94. The number of methoxy groups -OCH3 is 1. The molecule has 0 atom stereocenters. The zero-order valence-electron chi connectivity index (χ0n) is 12.2. The van der Waals surface area contributed by atoms with Crippen molar-refractivity contribution >= 4 is 11.9 Å². The summed E-state index contributed by atoms with van der Waals surface area (Å²) < 4.78 is 5.12. The number of hydrogen-bond donors (Lipinski definition) is 1. The van der Waals surface area contributed by atoms with Gasteiger partial charge in [0.25, 0.3) is 0 Å². The van der Waals surface area contributed by atoms with E-state index in [-0.39, 0.29) is 0 Å². The van der Waals surface area contributed by atoms with Crippen LogP contribution in [-0.4, -0.2) is 42.2 Å². The number of nitrogens with zero attached hydrogens (tertiary/aromatic N) is 4. The van der Waals surface area contributed by atoms with E-state index in [9.17, 15) is 0 Å². The van der Waals surface area contributed by atoms with Crippen molar-refractivity contribution in [2.75, 3.05) is 37.5 Å². The lowest BCUT2D eigenvalue weighted by molar-refractivity contribution is 0.237. The maximum Gasteiger partial charge on any atom is 0.322 e. The van der Waals surface area contributed by atoms with Gasteiger partial charge in [0.2, 0.25) is 11.9 Å². The van der Waals surface area contributed by atoms with Gasteiger partial charge in [-0.25, -0.2) is 0 Å². The van der Waals surface area contributed by atoms with Crippen LogP contribution in [0.4, 0.5) is 11.9 Å². The van der Waals surface area contributed by atoms with Crippen LogP contribution in [-0.2, 0) is 0 Å². The second kappa shape index (κ2) is 5.59. The van der Waals surface area contributed by atoms with E-state index in [0.717, 1.165) is 13.1 Å². The molecule has 6 heteroatoms. The summed E-state index contributed by atoms with van der Waals surface area (Å²) in [5.41, 5.74) is 0.458. The van der Waals surface area contributed by atoms with Crippen LogP contribution in [0.1, 0.15) is 33.1 Å². The van der Waals surface area contributed by atoms with Gasteiger partial charge in [-0.05, 0) is 18.3 Å². The summed E-state index contributed by atoms with van der Waals surface area (Å²) in [5, 5.41) is 2.94. The first kappa shape index (κ1) is 13.8. The van der Waals surface area contributed by atoms with Crippen molar-refractivity contribution in [3.63, 3.8) is 0 Å². The summed E-state index contributed by atoms with van der Waals surface area (Å²) in [6.45, 7) is 6.60. The van der Waals surface area contributed by atoms with Gasteiger partial charge in [0.15, 0.2) is 0 Å². The van der Waals surface area contributed by atoms with Crippen LogP contribution in [0.15, 0.2) is 0 Å². The minimum atomic E-state index is 0.359. The molecule has 0 amide bonds. The van der Waals surface area contributed by atoms with Gasteiger partial charge in [-0.2, -0.15) is 15.0 Å². The van der Waals surface area contributed by atoms with Gasteiger partial charge < -0.3 is 15.0 Å². The average Bonchev–Trinajstić information content (AvgIpc) is 2.47. The van der Waals surface area contributed by atoms with Crippen LogP contribution in [0.25, 0.3) is 0 Å². The minimum absolute atomic E-state index is 0.359. The van der Waals surface area contributed by atoms with Crippen LogP contribution in [0.3, 0.4) is 0 Å². The van der Waals surface area contributed by atoms with E-state index in [2.05, 4.69) is 39.0 Å². The number of anilines is 2. The van der Waals surface area contributed by atoms with Crippen molar-refractivity contribution in [1.29, 1.82) is 0 Å². The Morgan fingerprint density at radius 2 is 1.95 bits per heavy atom. The van der Waals surface area contributed by atoms with E-state index in [1.165, 1.54) is 19.3 Å². The summed E-state index contributed by atoms with van der Waals surface area (Å²) in [4.78, 5) is 15.1. The molecule has 6 nitrogen and oxygen atoms in total. The molecule has 2 heterocycles. The Hall–Kier alpha value is -1.59. The van der Waals surface area contributed by atoms with Crippen LogP contribution in [0.5, 0.6) is 6.01 Å². The van der Waals surface area contributed by atoms with Gasteiger partial charge >= 0.3 is 6.01 Å².